The van der Waals surface area contributed by atoms with Crippen molar-refractivity contribution in [2.45, 2.75) is 6.54 Å². The highest BCUT2D eigenvalue weighted by Crippen LogP contribution is 2.22. The van der Waals surface area contributed by atoms with Gasteiger partial charge < -0.3 is 9.88 Å². The number of benzene rings is 2. The molecule has 0 saturated heterocycles. The topological polar surface area (TPSA) is 81.1 Å². The lowest BCUT2D eigenvalue weighted by Crippen LogP contribution is -2.24. The number of hydrogen-bond acceptors (Lipinski definition) is 4. The Morgan fingerprint density at radius 3 is 2.55 bits per heavy atom. The zero-order chi connectivity index (χ0) is 22.0. The van der Waals surface area contributed by atoms with Crippen molar-refractivity contribution in [3.63, 3.8) is 0 Å². The highest BCUT2D eigenvalue weighted by atomic mass is 79.9. The van der Waals surface area contributed by atoms with Crippen LogP contribution < -0.4 is 10.7 Å². The standard InChI is InChI=1S/C23H15BrClN3O3/c24-15-5-6-20-16(11-15)23(31)17(22(30)14-7-9-26-10-8-14)12-28(20)13-21(29)27-19-4-2-1-3-18(19)25/h1-12H,13H2,(H,27,29). The van der Waals surface area contributed by atoms with Crippen molar-refractivity contribution in [2.75, 3.05) is 5.32 Å². The quantitative estimate of drug-likeness (QED) is 0.407. The number of nitrogens with one attached hydrogen (secondary N) is 1. The zero-order valence-electron chi connectivity index (χ0n) is 16.0. The molecule has 4 rings (SSSR count). The van der Waals surface area contributed by atoms with Crippen molar-refractivity contribution in [1.82, 2.24) is 9.55 Å². The van der Waals surface area contributed by atoms with Gasteiger partial charge >= 0.3 is 0 Å². The molecule has 0 aliphatic rings. The number of fused-ring (bicyclic) bond motifs is 1. The van der Waals surface area contributed by atoms with Gasteiger partial charge in [0, 0.05) is 34.0 Å². The van der Waals surface area contributed by atoms with E-state index in [1.807, 2.05) is 0 Å². The van der Waals surface area contributed by atoms with E-state index in [1.165, 1.54) is 18.6 Å². The van der Waals surface area contributed by atoms with Gasteiger partial charge in [0.15, 0.2) is 5.78 Å². The molecule has 0 fully saturated rings. The number of carbonyl (C=O) groups is 2. The molecule has 0 radical (unpaired) electrons. The molecule has 0 unspecified atom stereocenters. The van der Waals surface area contributed by atoms with Crippen LogP contribution in [0.4, 0.5) is 5.69 Å². The van der Waals surface area contributed by atoms with E-state index in [1.54, 1.807) is 59.2 Å². The molecule has 0 atom stereocenters. The van der Waals surface area contributed by atoms with Gasteiger partial charge in [0.2, 0.25) is 11.3 Å². The van der Waals surface area contributed by atoms with Gasteiger partial charge in [-0.25, -0.2) is 0 Å². The molecule has 1 N–H and O–H groups in total. The molecule has 0 bridgehead atoms. The number of aromatic nitrogens is 2. The van der Waals surface area contributed by atoms with Crippen molar-refractivity contribution >= 4 is 55.8 Å². The highest BCUT2D eigenvalue weighted by Gasteiger charge is 2.18. The summed E-state index contributed by atoms with van der Waals surface area (Å²) in [4.78, 5) is 42.7. The van der Waals surface area contributed by atoms with Crippen LogP contribution in [0.5, 0.6) is 0 Å². The Kier molecular flexibility index (Phi) is 5.97. The molecule has 2 aromatic carbocycles. The van der Waals surface area contributed by atoms with Crippen molar-refractivity contribution in [3.05, 3.63) is 104 Å². The maximum Gasteiger partial charge on any atom is 0.244 e. The minimum atomic E-state index is -0.436. The van der Waals surface area contributed by atoms with Crippen LogP contribution in [0.15, 0.2) is 82.5 Å². The third-order valence-electron chi connectivity index (χ3n) is 4.69. The molecule has 0 spiro atoms. The molecule has 0 aliphatic heterocycles. The van der Waals surface area contributed by atoms with E-state index in [4.69, 9.17) is 11.6 Å². The first-order valence-electron chi connectivity index (χ1n) is 9.26. The van der Waals surface area contributed by atoms with Gasteiger partial charge in [0.1, 0.15) is 6.54 Å². The first-order chi connectivity index (χ1) is 14.9. The molecule has 6 nitrogen and oxygen atoms in total. The van der Waals surface area contributed by atoms with Crippen LogP contribution in [0.1, 0.15) is 15.9 Å². The van der Waals surface area contributed by atoms with E-state index in [0.29, 0.717) is 31.6 Å². The molecule has 0 aliphatic carbocycles. The van der Waals surface area contributed by atoms with Gasteiger partial charge in [0.05, 0.1) is 21.8 Å². The summed E-state index contributed by atoms with van der Waals surface area (Å²) in [7, 11) is 0. The van der Waals surface area contributed by atoms with E-state index >= 15 is 0 Å². The SMILES string of the molecule is O=C(Cn1cc(C(=O)c2ccncc2)c(=O)c2cc(Br)ccc21)Nc1ccccc1Cl. The third kappa shape index (κ3) is 4.42. The summed E-state index contributed by atoms with van der Waals surface area (Å²) in [6, 6.07) is 15.1. The Balaban J connectivity index is 1.78. The van der Waals surface area contributed by atoms with E-state index in [-0.39, 0.29) is 18.0 Å². The highest BCUT2D eigenvalue weighted by molar-refractivity contribution is 9.10. The molecule has 8 heteroatoms. The van der Waals surface area contributed by atoms with E-state index in [2.05, 4.69) is 26.2 Å². The van der Waals surface area contributed by atoms with Crippen molar-refractivity contribution in [3.8, 4) is 0 Å². The van der Waals surface area contributed by atoms with Crippen LogP contribution in [0.3, 0.4) is 0 Å². The molecule has 0 saturated carbocycles. The summed E-state index contributed by atoms with van der Waals surface area (Å²) in [6.45, 7) is -0.111. The minimum absolute atomic E-state index is 0.0256. The average Bonchev–Trinajstić information content (AvgIpc) is 2.77. The number of anilines is 1. The molecule has 31 heavy (non-hydrogen) atoms. The maximum absolute atomic E-state index is 13.1. The van der Waals surface area contributed by atoms with Crippen molar-refractivity contribution < 1.29 is 9.59 Å². The number of nitrogens with zero attached hydrogens (tertiary/aromatic N) is 2. The second-order valence-electron chi connectivity index (χ2n) is 6.75. The van der Waals surface area contributed by atoms with Crippen LogP contribution in [-0.4, -0.2) is 21.2 Å². The fraction of sp³-hybridized carbons (Fsp3) is 0.0435. The van der Waals surface area contributed by atoms with Crippen LogP contribution in [0, 0.1) is 0 Å². The average molecular weight is 497 g/mol. The molecular formula is C23H15BrClN3O3. The van der Waals surface area contributed by atoms with Crippen molar-refractivity contribution in [1.29, 1.82) is 0 Å². The molecule has 2 heterocycles. The van der Waals surface area contributed by atoms with Gasteiger partial charge in [-0.1, -0.05) is 39.7 Å². The number of ketones is 1. The Hall–Kier alpha value is -3.29. The minimum Gasteiger partial charge on any atom is -0.337 e. The lowest BCUT2D eigenvalue weighted by molar-refractivity contribution is -0.116. The Labute approximate surface area is 190 Å². The van der Waals surface area contributed by atoms with Crippen LogP contribution >= 0.6 is 27.5 Å². The van der Waals surface area contributed by atoms with Crippen molar-refractivity contribution in [2.24, 2.45) is 0 Å². The van der Waals surface area contributed by atoms with Gasteiger partial charge in [-0.2, -0.15) is 0 Å². The van der Waals surface area contributed by atoms with E-state index in [0.717, 1.165) is 0 Å². The molecule has 2 aromatic heterocycles. The number of halogens is 2. The largest absolute Gasteiger partial charge is 0.337 e. The smallest absolute Gasteiger partial charge is 0.244 e. The Morgan fingerprint density at radius 1 is 1.06 bits per heavy atom. The number of hydrogen-bond donors (Lipinski definition) is 1. The number of rotatable bonds is 5. The monoisotopic (exact) mass is 495 g/mol. The maximum atomic E-state index is 13.1. The lowest BCUT2D eigenvalue weighted by atomic mass is 10.0. The molecular weight excluding hydrogens is 482 g/mol. The van der Waals surface area contributed by atoms with Crippen LogP contribution in [0.2, 0.25) is 5.02 Å². The molecule has 154 valence electrons. The summed E-state index contributed by atoms with van der Waals surface area (Å²) in [5.41, 5.74) is 0.931. The fourth-order valence-corrected chi connectivity index (χ4v) is 3.77. The second kappa shape index (κ2) is 8.83. The van der Waals surface area contributed by atoms with Gasteiger partial charge in [0.25, 0.3) is 0 Å². The third-order valence-corrected chi connectivity index (χ3v) is 5.51. The van der Waals surface area contributed by atoms with Gasteiger partial charge in [-0.3, -0.25) is 19.4 Å². The summed E-state index contributed by atoms with van der Waals surface area (Å²) in [6.07, 6.45) is 4.40. The van der Waals surface area contributed by atoms with E-state index in [9.17, 15) is 14.4 Å². The number of para-hydroxylation sites is 1. The first-order valence-corrected chi connectivity index (χ1v) is 10.4. The number of pyridine rings is 2. The molecule has 4 aromatic rings. The summed E-state index contributed by atoms with van der Waals surface area (Å²) < 4.78 is 2.28. The molecule has 1 amide bonds. The zero-order valence-corrected chi connectivity index (χ0v) is 18.4. The first kappa shape index (κ1) is 21.0. The second-order valence-corrected chi connectivity index (χ2v) is 8.08. The Bertz CT molecular complexity index is 1370. The predicted octanol–water partition coefficient (Wildman–Crippen LogP) is 4.68. The Morgan fingerprint density at radius 2 is 1.81 bits per heavy atom. The normalized spacial score (nSPS) is 10.8. The summed E-state index contributed by atoms with van der Waals surface area (Å²) >= 11 is 9.49. The van der Waals surface area contributed by atoms with Gasteiger partial charge in [-0.15, -0.1) is 0 Å². The summed E-state index contributed by atoms with van der Waals surface area (Å²) in [5.74, 6) is -0.780. The van der Waals surface area contributed by atoms with Gasteiger partial charge in [-0.05, 0) is 42.5 Å². The number of carbonyl (C=O) groups excluding carboxylic acids is 2. The fourth-order valence-electron chi connectivity index (χ4n) is 3.23. The van der Waals surface area contributed by atoms with E-state index < -0.39 is 11.2 Å². The predicted molar refractivity (Wildman–Crippen MR) is 124 cm³/mol. The van der Waals surface area contributed by atoms with Crippen LogP contribution in [-0.2, 0) is 11.3 Å². The lowest BCUT2D eigenvalue weighted by Gasteiger charge is -2.14. The van der Waals surface area contributed by atoms with Crippen LogP contribution in [0.25, 0.3) is 10.9 Å². The summed E-state index contributed by atoms with van der Waals surface area (Å²) in [5, 5.41) is 3.51. The number of amides is 1.